The number of carbonyl (C=O) groups excluding carboxylic acids is 2. The molecule has 6 heteroatoms. The summed E-state index contributed by atoms with van der Waals surface area (Å²) in [6.45, 7) is 6.62. The molecule has 0 N–H and O–H groups in total. The molecular formula is C14H20N2O4. The van der Waals surface area contributed by atoms with Crippen LogP contribution in [-0.2, 0) is 9.53 Å². The van der Waals surface area contributed by atoms with Crippen molar-refractivity contribution in [3.63, 3.8) is 0 Å². The second-order valence-electron chi connectivity index (χ2n) is 4.99. The summed E-state index contributed by atoms with van der Waals surface area (Å²) < 4.78 is 10.4. The lowest BCUT2D eigenvalue weighted by Crippen LogP contribution is -2.42. The quantitative estimate of drug-likeness (QED) is 0.788. The number of piperidine rings is 1. The molecule has 1 aromatic heterocycles. The molecule has 0 bridgehead atoms. The van der Waals surface area contributed by atoms with Gasteiger partial charge in [0.15, 0.2) is 5.89 Å². The molecule has 2 heterocycles. The number of oxazole rings is 1. The molecule has 1 fully saturated rings. The fraction of sp³-hybridized carbons (Fsp3) is 0.643. The lowest BCUT2D eigenvalue weighted by atomic mass is 9.98. The summed E-state index contributed by atoms with van der Waals surface area (Å²) in [6, 6.07) is 0. The Bertz CT molecular complexity index is 509. The normalized spacial score (nSPS) is 18.9. The van der Waals surface area contributed by atoms with E-state index >= 15 is 0 Å². The highest BCUT2D eigenvalue weighted by molar-refractivity contribution is 5.92. The summed E-state index contributed by atoms with van der Waals surface area (Å²) in [6.07, 6.45) is 1.55. The Kier molecular flexibility index (Phi) is 4.42. The number of ether oxygens (including phenoxy) is 1. The average molecular weight is 280 g/mol. The van der Waals surface area contributed by atoms with Crippen LogP contribution in [0.5, 0.6) is 0 Å². The lowest BCUT2D eigenvalue weighted by molar-refractivity contribution is -0.149. The minimum absolute atomic E-state index is 0.197. The number of aromatic nitrogens is 1. The van der Waals surface area contributed by atoms with Crippen LogP contribution in [0, 0.1) is 19.8 Å². The molecule has 0 saturated carbocycles. The van der Waals surface area contributed by atoms with Gasteiger partial charge in [-0.25, -0.2) is 4.98 Å². The molecule has 0 radical (unpaired) electrons. The first-order valence-corrected chi connectivity index (χ1v) is 6.92. The first kappa shape index (κ1) is 14.6. The molecule has 1 aliphatic heterocycles. The van der Waals surface area contributed by atoms with Crippen LogP contribution < -0.4 is 0 Å². The van der Waals surface area contributed by atoms with Crippen LogP contribution in [-0.4, -0.2) is 41.5 Å². The summed E-state index contributed by atoms with van der Waals surface area (Å²) in [7, 11) is 0. The van der Waals surface area contributed by atoms with Crippen LogP contribution in [0.2, 0.25) is 0 Å². The molecule has 20 heavy (non-hydrogen) atoms. The predicted octanol–water partition coefficient (Wildman–Crippen LogP) is 1.71. The van der Waals surface area contributed by atoms with E-state index in [9.17, 15) is 9.59 Å². The molecule has 0 aliphatic carbocycles. The Morgan fingerprint density at radius 1 is 1.45 bits per heavy atom. The van der Waals surface area contributed by atoms with Gasteiger partial charge in [-0.1, -0.05) is 0 Å². The molecule has 0 aromatic carbocycles. The Labute approximate surface area is 118 Å². The SMILES string of the molecule is CCOC(=O)C1CCCN(C(=O)c2oc(C)nc2C)C1. The number of aryl methyl sites for hydroxylation is 2. The summed E-state index contributed by atoms with van der Waals surface area (Å²) in [5, 5.41) is 0. The smallest absolute Gasteiger partial charge is 0.310 e. The van der Waals surface area contributed by atoms with Crippen molar-refractivity contribution < 1.29 is 18.7 Å². The van der Waals surface area contributed by atoms with Gasteiger partial charge in [0.25, 0.3) is 5.91 Å². The van der Waals surface area contributed by atoms with Gasteiger partial charge < -0.3 is 14.1 Å². The van der Waals surface area contributed by atoms with Gasteiger partial charge in [0.2, 0.25) is 5.76 Å². The molecule has 1 atom stereocenters. The number of carbonyl (C=O) groups is 2. The van der Waals surface area contributed by atoms with Crippen LogP contribution in [0.3, 0.4) is 0 Å². The highest BCUT2D eigenvalue weighted by Gasteiger charge is 2.31. The molecule has 1 aromatic rings. The summed E-state index contributed by atoms with van der Waals surface area (Å²) in [5.74, 6) is 0.0846. The summed E-state index contributed by atoms with van der Waals surface area (Å²) in [5.41, 5.74) is 0.589. The Morgan fingerprint density at radius 2 is 2.20 bits per heavy atom. The Morgan fingerprint density at radius 3 is 2.80 bits per heavy atom. The zero-order valence-corrected chi connectivity index (χ0v) is 12.1. The van der Waals surface area contributed by atoms with Crippen molar-refractivity contribution in [2.75, 3.05) is 19.7 Å². The zero-order chi connectivity index (χ0) is 14.7. The average Bonchev–Trinajstić information content (AvgIpc) is 2.77. The van der Waals surface area contributed by atoms with Crippen molar-refractivity contribution in [3.05, 3.63) is 17.3 Å². The molecular weight excluding hydrogens is 260 g/mol. The third-order valence-corrected chi connectivity index (χ3v) is 3.43. The maximum Gasteiger partial charge on any atom is 0.310 e. The van der Waals surface area contributed by atoms with Gasteiger partial charge in [-0.15, -0.1) is 0 Å². The molecule has 1 amide bonds. The molecule has 2 rings (SSSR count). The van der Waals surface area contributed by atoms with Crippen molar-refractivity contribution in [1.82, 2.24) is 9.88 Å². The Balaban J connectivity index is 2.07. The van der Waals surface area contributed by atoms with Crippen LogP contribution in [0.25, 0.3) is 0 Å². The third-order valence-electron chi connectivity index (χ3n) is 3.43. The molecule has 1 unspecified atom stereocenters. The number of esters is 1. The monoisotopic (exact) mass is 280 g/mol. The number of rotatable bonds is 3. The van der Waals surface area contributed by atoms with Crippen LogP contribution in [0.1, 0.15) is 41.9 Å². The van der Waals surface area contributed by atoms with Crippen molar-refractivity contribution in [2.24, 2.45) is 5.92 Å². The van der Waals surface area contributed by atoms with Crippen molar-refractivity contribution in [2.45, 2.75) is 33.6 Å². The van der Waals surface area contributed by atoms with E-state index in [-0.39, 0.29) is 23.6 Å². The lowest BCUT2D eigenvalue weighted by Gasteiger charge is -2.30. The number of likely N-dealkylation sites (tertiary alicyclic amines) is 1. The highest BCUT2D eigenvalue weighted by atomic mass is 16.5. The first-order chi connectivity index (χ1) is 9.52. The molecule has 0 spiro atoms. The van der Waals surface area contributed by atoms with E-state index in [0.29, 0.717) is 31.3 Å². The fourth-order valence-corrected chi connectivity index (χ4v) is 2.49. The van der Waals surface area contributed by atoms with E-state index in [4.69, 9.17) is 9.15 Å². The van der Waals surface area contributed by atoms with Gasteiger partial charge in [0, 0.05) is 20.0 Å². The predicted molar refractivity (Wildman–Crippen MR) is 71.2 cm³/mol. The van der Waals surface area contributed by atoms with E-state index in [1.54, 1.807) is 25.7 Å². The highest BCUT2D eigenvalue weighted by Crippen LogP contribution is 2.21. The van der Waals surface area contributed by atoms with E-state index in [2.05, 4.69) is 4.98 Å². The van der Waals surface area contributed by atoms with Gasteiger partial charge in [-0.2, -0.15) is 0 Å². The number of hydrogen-bond donors (Lipinski definition) is 0. The second kappa shape index (κ2) is 6.07. The van der Waals surface area contributed by atoms with Gasteiger partial charge in [0.1, 0.15) is 0 Å². The summed E-state index contributed by atoms with van der Waals surface area (Å²) in [4.78, 5) is 29.9. The first-order valence-electron chi connectivity index (χ1n) is 6.92. The minimum atomic E-state index is -0.239. The maximum atomic E-state index is 12.4. The van der Waals surface area contributed by atoms with E-state index < -0.39 is 0 Å². The fourth-order valence-electron chi connectivity index (χ4n) is 2.49. The standard InChI is InChI=1S/C14H20N2O4/c1-4-19-14(18)11-6-5-7-16(8-11)13(17)12-9(2)15-10(3)20-12/h11H,4-8H2,1-3H3. The van der Waals surface area contributed by atoms with E-state index in [0.717, 1.165) is 12.8 Å². The molecule has 6 nitrogen and oxygen atoms in total. The number of amides is 1. The number of hydrogen-bond acceptors (Lipinski definition) is 5. The van der Waals surface area contributed by atoms with Crippen LogP contribution >= 0.6 is 0 Å². The van der Waals surface area contributed by atoms with Gasteiger partial charge in [-0.05, 0) is 26.7 Å². The van der Waals surface area contributed by atoms with Gasteiger partial charge in [0.05, 0.1) is 18.2 Å². The molecule has 1 aliphatic rings. The van der Waals surface area contributed by atoms with Gasteiger partial charge in [-0.3, -0.25) is 9.59 Å². The zero-order valence-electron chi connectivity index (χ0n) is 12.1. The van der Waals surface area contributed by atoms with Gasteiger partial charge >= 0.3 is 5.97 Å². The topological polar surface area (TPSA) is 72.6 Å². The van der Waals surface area contributed by atoms with Crippen LogP contribution in [0.4, 0.5) is 0 Å². The minimum Gasteiger partial charge on any atom is -0.466 e. The molecule has 110 valence electrons. The van der Waals surface area contributed by atoms with Crippen LogP contribution in [0.15, 0.2) is 4.42 Å². The molecule has 1 saturated heterocycles. The second-order valence-corrected chi connectivity index (χ2v) is 4.99. The van der Waals surface area contributed by atoms with Crippen molar-refractivity contribution in [3.8, 4) is 0 Å². The Hall–Kier alpha value is -1.85. The third kappa shape index (κ3) is 3.00. The van der Waals surface area contributed by atoms with E-state index in [1.165, 1.54) is 0 Å². The van der Waals surface area contributed by atoms with E-state index in [1.807, 2.05) is 0 Å². The number of nitrogens with zero attached hydrogens (tertiary/aromatic N) is 2. The summed E-state index contributed by atoms with van der Waals surface area (Å²) >= 11 is 0. The maximum absolute atomic E-state index is 12.4. The van der Waals surface area contributed by atoms with Crippen molar-refractivity contribution in [1.29, 1.82) is 0 Å². The largest absolute Gasteiger partial charge is 0.466 e. The van der Waals surface area contributed by atoms with Crippen molar-refractivity contribution >= 4 is 11.9 Å².